The smallest absolute Gasteiger partial charge is 0.259 e. The molecule has 4 aromatic rings. The molecule has 0 aliphatic carbocycles. The summed E-state index contributed by atoms with van der Waals surface area (Å²) < 4.78 is 33.3. The van der Waals surface area contributed by atoms with E-state index in [2.05, 4.69) is 14.9 Å². The van der Waals surface area contributed by atoms with Crippen molar-refractivity contribution in [1.82, 2.24) is 14.9 Å². The summed E-state index contributed by atoms with van der Waals surface area (Å²) in [5, 5.41) is 6.27. The molecular formula is C21H18ClN3O3S2. The molecule has 4 rings (SSSR count). The average molecular weight is 460 g/mol. The van der Waals surface area contributed by atoms with E-state index in [0.717, 1.165) is 29.7 Å². The zero-order chi connectivity index (χ0) is 21.0. The van der Waals surface area contributed by atoms with Crippen molar-refractivity contribution in [2.45, 2.75) is 17.1 Å². The molecule has 0 aliphatic heterocycles. The molecule has 0 aliphatic rings. The van der Waals surface area contributed by atoms with Crippen molar-refractivity contribution >= 4 is 33.0 Å². The molecule has 6 nitrogen and oxygen atoms in total. The van der Waals surface area contributed by atoms with Crippen LogP contribution in [0.25, 0.3) is 22.8 Å². The van der Waals surface area contributed by atoms with Crippen LogP contribution in [0.5, 0.6) is 0 Å². The highest BCUT2D eigenvalue weighted by molar-refractivity contribution is 7.91. The summed E-state index contributed by atoms with van der Waals surface area (Å²) in [4.78, 5) is 4.36. The predicted octanol–water partition coefficient (Wildman–Crippen LogP) is 5.03. The lowest BCUT2D eigenvalue weighted by Gasteiger charge is -2.04. The number of hydrogen-bond donors (Lipinski definition) is 1. The molecular weight excluding hydrogens is 442 g/mol. The first-order chi connectivity index (χ1) is 14.5. The summed E-state index contributed by atoms with van der Waals surface area (Å²) in [5.41, 5.74) is 2.51. The Kier molecular flexibility index (Phi) is 6.29. The summed E-state index contributed by atoms with van der Waals surface area (Å²) >= 11 is 7.01. The summed E-state index contributed by atoms with van der Waals surface area (Å²) in [6.45, 7) is 0.367. The molecule has 154 valence electrons. The van der Waals surface area contributed by atoms with Gasteiger partial charge >= 0.3 is 0 Å². The van der Waals surface area contributed by atoms with Crippen molar-refractivity contribution in [3.8, 4) is 22.8 Å². The van der Waals surface area contributed by atoms with Gasteiger partial charge in [0.2, 0.25) is 15.8 Å². The Morgan fingerprint density at radius 2 is 1.80 bits per heavy atom. The first-order valence-electron chi connectivity index (χ1n) is 9.23. The third-order valence-corrected chi connectivity index (χ3v) is 7.55. The molecule has 0 bridgehead atoms. The van der Waals surface area contributed by atoms with E-state index in [1.165, 1.54) is 5.56 Å². The number of thiophene rings is 1. The first kappa shape index (κ1) is 20.7. The normalized spacial score (nSPS) is 11.6. The summed E-state index contributed by atoms with van der Waals surface area (Å²) in [6.07, 6.45) is 1.53. The lowest BCUT2D eigenvalue weighted by atomic mass is 10.1. The molecule has 0 fully saturated rings. The van der Waals surface area contributed by atoms with Crippen LogP contribution in [0.4, 0.5) is 0 Å². The molecule has 0 radical (unpaired) electrons. The van der Waals surface area contributed by atoms with Crippen LogP contribution in [-0.4, -0.2) is 25.1 Å². The van der Waals surface area contributed by atoms with Crippen molar-refractivity contribution in [1.29, 1.82) is 0 Å². The zero-order valence-corrected chi connectivity index (χ0v) is 18.2. The number of rotatable bonds is 8. The maximum atomic E-state index is 12.6. The molecule has 0 amide bonds. The Morgan fingerprint density at radius 1 is 1.03 bits per heavy atom. The van der Waals surface area contributed by atoms with Gasteiger partial charge in [-0.25, -0.2) is 13.1 Å². The van der Waals surface area contributed by atoms with Crippen molar-refractivity contribution in [3.05, 3.63) is 76.6 Å². The van der Waals surface area contributed by atoms with Crippen LogP contribution in [0.3, 0.4) is 0 Å². The van der Waals surface area contributed by atoms with E-state index in [-0.39, 0.29) is 10.1 Å². The van der Waals surface area contributed by atoms with Crippen LogP contribution in [0.15, 0.2) is 74.8 Å². The molecule has 1 N–H and O–H groups in total. The summed E-state index contributed by atoms with van der Waals surface area (Å²) in [6, 6.07) is 18.6. The minimum Gasteiger partial charge on any atom is -0.334 e. The number of nitrogens with one attached hydrogen (secondary N) is 1. The van der Waals surface area contributed by atoms with Crippen molar-refractivity contribution in [2.75, 3.05) is 6.54 Å². The van der Waals surface area contributed by atoms with Crippen LogP contribution >= 0.6 is 22.9 Å². The van der Waals surface area contributed by atoms with Gasteiger partial charge in [0, 0.05) is 22.5 Å². The van der Waals surface area contributed by atoms with E-state index in [1.807, 2.05) is 30.3 Å². The van der Waals surface area contributed by atoms with Gasteiger partial charge in [-0.1, -0.05) is 47.1 Å². The van der Waals surface area contributed by atoms with E-state index in [9.17, 15) is 8.42 Å². The largest absolute Gasteiger partial charge is 0.334 e. The second kappa shape index (κ2) is 9.09. The Balaban J connectivity index is 1.40. The highest BCUT2D eigenvalue weighted by Gasteiger charge is 2.19. The molecule has 30 heavy (non-hydrogen) atoms. The number of sulfonamides is 1. The van der Waals surface area contributed by atoms with Crippen molar-refractivity contribution in [3.63, 3.8) is 0 Å². The van der Waals surface area contributed by atoms with Crippen LogP contribution in [0.1, 0.15) is 12.0 Å². The second-order valence-electron chi connectivity index (χ2n) is 6.57. The van der Waals surface area contributed by atoms with Gasteiger partial charge in [0.1, 0.15) is 4.21 Å². The second-order valence-corrected chi connectivity index (χ2v) is 9.91. The average Bonchev–Trinajstić information content (AvgIpc) is 3.43. The Bertz CT molecular complexity index is 1220. The van der Waals surface area contributed by atoms with Gasteiger partial charge in [0.05, 0.1) is 5.56 Å². The highest BCUT2D eigenvalue weighted by atomic mass is 35.5. The molecule has 0 saturated heterocycles. The standard InChI is InChI=1S/C21H18ClN3O3S2/c22-18-10-8-16(9-11-18)20-24-21(28-25-20)17-13-19(29-14-17)30(26,27)23-12-4-7-15-5-2-1-3-6-15/h1-3,5-6,8-11,13-14,23H,4,7,12H2. The van der Waals surface area contributed by atoms with Gasteiger partial charge in [0.15, 0.2) is 0 Å². The van der Waals surface area contributed by atoms with Gasteiger partial charge < -0.3 is 4.52 Å². The SMILES string of the molecule is O=S(=O)(NCCCc1ccccc1)c1cc(-c2nc(-c3ccc(Cl)cc3)no2)cs1. The number of nitrogens with zero attached hydrogens (tertiary/aromatic N) is 2. The summed E-state index contributed by atoms with van der Waals surface area (Å²) in [5.74, 6) is 0.679. The molecule has 2 aromatic carbocycles. The van der Waals surface area contributed by atoms with Crippen LogP contribution in [0.2, 0.25) is 5.02 Å². The number of aromatic nitrogens is 2. The fraction of sp³-hybridized carbons (Fsp3) is 0.143. The van der Waals surface area contributed by atoms with Gasteiger partial charge in [-0.05, 0) is 48.7 Å². The Morgan fingerprint density at radius 3 is 2.57 bits per heavy atom. The molecule has 9 heteroatoms. The van der Waals surface area contributed by atoms with Crippen molar-refractivity contribution in [2.24, 2.45) is 0 Å². The molecule has 0 saturated carbocycles. The fourth-order valence-electron chi connectivity index (χ4n) is 2.84. The lowest BCUT2D eigenvalue weighted by Crippen LogP contribution is -2.24. The van der Waals surface area contributed by atoms with E-state index in [1.54, 1.807) is 35.7 Å². The maximum Gasteiger partial charge on any atom is 0.259 e. The molecule has 2 aromatic heterocycles. The number of halogens is 1. The number of benzene rings is 2. The minimum absolute atomic E-state index is 0.212. The molecule has 0 atom stereocenters. The Labute approximate surface area is 183 Å². The van der Waals surface area contributed by atoms with Gasteiger partial charge in [0.25, 0.3) is 5.89 Å². The van der Waals surface area contributed by atoms with E-state index < -0.39 is 10.0 Å². The fourth-order valence-corrected chi connectivity index (χ4v) is 5.24. The maximum absolute atomic E-state index is 12.6. The molecule has 0 spiro atoms. The Hall–Kier alpha value is -2.52. The number of aryl methyl sites for hydroxylation is 1. The first-order valence-corrected chi connectivity index (χ1v) is 12.0. The van der Waals surface area contributed by atoms with E-state index in [0.29, 0.717) is 23.0 Å². The number of hydrogen-bond acceptors (Lipinski definition) is 6. The van der Waals surface area contributed by atoms with Crippen LogP contribution in [-0.2, 0) is 16.4 Å². The predicted molar refractivity (Wildman–Crippen MR) is 118 cm³/mol. The third kappa shape index (κ3) is 4.96. The monoisotopic (exact) mass is 459 g/mol. The van der Waals surface area contributed by atoms with E-state index >= 15 is 0 Å². The van der Waals surface area contributed by atoms with E-state index in [4.69, 9.17) is 16.1 Å². The molecule has 2 heterocycles. The summed E-state index contributed by atoms with van der Waals surface area (Å²) in [7, 11) is -3.59. The van der Waals surface area contributed by atoms with Gasteiger partial charge in [-0.2, -0.15) is 4.98 Å². The van der Waals surface area contributed by atoms with Crippen LogP contribution < -0.4 is 4.72 Å². The van der Waals surface area contributed by atoms with Gasteiger partial charge in [-0.3, -0.25) is 0 Å². The minimum atomic E-state index is -3.59. The quantitative estimate of drug-likeness (QED) is 0.373. The topological polar surface area (TPSA) is 85.1 Å². The zero-order valence-electron chi connectivity index (χ0n) is 15.8. The van der Waals surface area contributed by atoms with Crippen molar-refractivity contribution < 1.29 is 12.9 Å². The van der Waals surface area contributed by atoms with Gasteiger partial charge in [-0.15, -0.1) is 11.3 Å². The lowest BCUT2D eigenvalue weighted by molar-refractivity contribution is 0.432. The molecule has 0 unspecified atom stereocenters. The van der Waals surface area contributed by atoms with Crippen LogP contribution in [0, 0.1) is 0 Å². The third-order valence-electron chi connectivity index (χ3n) is 4.39. The highest BCUT2D eigenvalue weighted by Crippen LogP contribution is 2.29.